The predicted octanol–water partition coefficient (Wildman–Crippen LogP) is 0.221. The van der Waals surface area contributed by atoms with Gasteiger partial charge in [0.15, 0.2) is 0 Å². The van der Waals surface area contributed by atoms with E-state index in [1.54, 1.807) is 4.90 Å². The van der Waals surface area contributed by atoms with Crippen LogP contribution in [0.25, 0.3) is 0 Å². The van der Waals surface area contributed by atoms with Gasteiger partial charge < -0.3 is 20.1 Å². The highest BCUT2D eigenvalue weighted by molar-refractivity contribution is 5.87. The van der Waals surface area contributed by atoms with Crippen LogP contribution in [0.3, 0.4) is 0 Å². The maximum atomic E-state index is 12.5. The Morgan fingerprint density at radius 1 is 1.42 bits per heavy atom. The maximum absolute atomic E-state index is 12.5. The van der Waals surface area contributed by atoms with Crippen LogP contribution in [-0.2, 0) is 14.3 Å². The number of rotatable bonds is 5. The molecule has 1 unspecified atom stereocenters. The highest BCUT2D eigenvalue weighted by Crippen LogP contribution is 2.31. The monoisotopic (exact) mass is 270 g/mol. The third-order valence-electron chi connectivity index (χ3n) is 4.14. The molecule has 0 bridgehead atoms. The molecule has 0 aliphatic carbocycles. The number of carboxylic acids is 1. The largest absolute Gasteiger partial charge is 0.480 e. The van der Waals surface area contributed by atoms with Gasteiger partial charge in [0.05, 0.1) is 18.6 Å². The number of amides is 1. The second-order valence-corrected chi connectivity index (χ2v) is 5.76. The molecule has 0 spiro atoms. The van der Waals surface area contributed by atoms with Crippen LogP contribution in [0.5, 0.6) is 0 Å². The number of nitrogens with zero attached hydrogens (tertiary/aromatic N) is 1. The fourth-order valence-electron chi connectivity index (χ4n) is 2.98. The Kier molecular flexibility index (Phi) is 3.82. The smallest absolute Gasteiger partial charge is 0.329 e. The van der Waals surface area contributed by atoms with Crippen LogP contribution in [-0.4, -0.2) is 59.3 Å². The van der Waals surface area contributed by atoms with Gasteiger partial charge >= 0.3 is 5.97 Å². The summed E-state index contributed by atoms with van der Waals surface area (Å²) in [6, 6.07) is 0. The molecular formula is C13H22N2O4. The molecule has 19 heavy (non-hydrogen) atoms. The highest BCUT2D eigenvalue weighted by atomic mass is 16.5. The Hall–Kier alpha value is -1.14. The fourth-order valence-corrected chi connectivity index (χ4v) is 2.98. The molecule has 0 aromatic carbocycles. The molecule has 0 aromatic heterocycles. The zero-order valence-electron chi connectivity index (χ0n) is 11.6. The van der Waals surface area contributed by atoms with E-state index in [-0.39, 0.29) is 12.5 Å². The van der Waals surface area contributed by atoms with Gasteiger partial charge in [0.25, 0.3) is 0 Å². The van der Waals surface area contributed by atoms with E-state index in [4.69, 9.17) is 9.84 Å². The first kappa shape index (κ1) is 14.3. The van der Waals surface area contributed by atoms with Gasteiger partial charge in [-0.1, -0.05) is 6.92 Å². The summed E-state index contributed by atoms with van der Waals surface area (Å²) in [4.78, 5) is 24.8. The SMILES string of the molecule is CCC1(C(=O)N2CC(C)(OCC(=O)O)C2)CCCN1. The summed E-state index contributed by atoms with van der Waals surface area (Å²) in [6.45, 7) is 5.40. The van der Waals surface area contributed by atoms with E-state index in [1.165, 1.54) is 0 Å². The van der Waals surface area contributed by atoms with Crippen molar-refractivity contribution in [1.29, 1.82) is 0 Å². The van der Waals surface area contributed by atoms with Crippen LogP contribution in [0, 0.1) is 0 Å². The van der Waals surface area contributed by atoms with E-state index < -0.39 is 17.1 Å². The summed E-state index contributed by atoms with van der Waals surface area (Å²) in [5.41, 5.74) is -0.921. The van der Waals surface area contributed by atoms with E-state index in [0.717, 1.165) is 25.8 Å². The van der Waals surface area contributed by atoms with E-state index in [1.807, 2.05) is 13.8 Å². The molecule has 2 N–H and O–H groups in total. The van der Waals surface area contributed by atoms with Gasteiger partial charge in [-0.25, -0.2) is 4.79 Å². The minimum atomic E-state index is -0.978. The summed E-state index contributed by atoms with van der Waals surface area (Å²) in [5, 5.41) is 11.9. The van der Waals surface area contributed by atoms with E-state index in [9.17, 15) is 9.59 Å². The van der Waals surface area contributed by atoms with Crippen molar-refractivity contribution >= 4 is 11.9 Å². The molecule has 108 valence electrons. The predicted molar refractivity (Wildman–Crippen MR) is 68.8 cm³/mol. The van der Waals surface area contributed by atoms with Gasteiger partial charge in [-0.3, -0.25) is 4.79 Å². The molecule has 0 aromatic rings. The number of aliphatic carboxylic acids is 1. The van der Waals surface area contributed by atoms with Crippen LogP contribution in [0.1, 0.15) is 33.1 Å². The molecule has 2 aliphatic rings. The van der Waals surface area contributed by atoms with Crippen molar-refractivity contribution in [3.05, 3.63) is 0 Å². The first-order chi connectivity index (χ1) is 8.91. The molecule has 1 amide bonds. The molecular weight excluding hydrogens is 248 g/mol. The molecule has 2 aliphatic heterocycles. The normalized spacial score (nSPS) is 29.1. The first-order valence-electron chi connectivity index (χ1n) is 6.81. The Morgan fingerprint density at radius 2 is 2.11 bits per heavy atom. The van der Waals surface area contributed by atoms with Crippen LogP contribution in [0.15, 0.2) is 0 Å². The quantitative estimate of drug-likeness (QED) is 0.747. The Bertz CT molecular complexity index is 371. The minimum Gasteiger partial charge on any atom is -0.480 e. The topological polar surface area (TPSA) is 78.9 Å². The molecule has 6 heteroatoms. The molecule has 6 nitrogen and oxygen atoms in total. The lowest BCUT2D eigenvalue weighted by Gasteiger charge is -2.49. The molecule has 1 atom stereocenters. The number of carboxylic acid groups (broad SMARTS) is 1. The number of hydrogen-bond acceptors (Lipinski definition) is 4. The van der Waals surface area contributed by atoms with Gasteiger partial charge in [0.2, 0.25) is 5.91 Å². The fraction of sp³-hybridized carbons (Fsp3) is 0.846. The van der Waals surface area contributed by atoms with Crippen molar-refractivity contribution in [3.63, 3.8) is 0 Å². The van der Waals surface area contributed by atoms with Gasteiger partial charge in [-0.05, 0) is 32.7 Å². The Labute approximate surface area is 113 Å². The third kappa shape index (κ3) is 2.74. The summed E-state index contributed by atoms with van der Waals surface area (Å²) in [5.74, 6) is -0.850. The molecule has 2 fully saturated rings. The second kappa shape index (κ2) is 5.09. The Morgan fingerprint density at radius 3 is 2.58 bits per heavy atom. The molecule has 2 heterocycles. The second-order valence-electron chi connectivity index (χ2n) is 5.76. The van der Waals surface area contributed by atoms with Crippen LogP contribution in [0.4, 0.5) is 0 Å². The summed E-state index contributed by atoms with van der Waals surface area (Å²) in [6.07, 6.45) is 2.70. The van der Waals surface area contributed by atoms with Crippen LogP contribution >= 0.6 is 0 Å². The van der Waals surface area contributed by atoms with E-state index in [2.05, 4.69) is 5.32 Å². The van der Waals surface area contributed by atoms with Crippen molar-refractivity contribution in [2.45, 2.75) is 44.2 Å². The van der Waals surface area contributed by atoms with Crippen LogP contribution in [0.2, 0.25) is 0 Å². The van der Waals surface area contributed by atoms with Crippen molar-refractivity contribution in [2.24, 2.45) is 0 Å². The zero-order chi connectivity index (χ0) is 14.1. The number of likely N-dealkylation sites (tertiary alicyclic amines) is 1. The number of ether oxygens (including phenoxy) is 1. The van der Waals surface area contributed by atoms with Gasteiger partial charge in [-0.15, -0.1) is 0 Å². The lowest BCUT2D eigenvalue weighted by Crippen LogP contribution is -2.68. The van der Waals surface area contributed by atoms with Crippen molar-refractivity contribution in [1.82, 2.24) is 10.2 Å². The highest BCUT2D eigenvalue weighted by Gasteiger charge is 2.49. The Balaban J connectivity index is 1.89. The van der Waals surface area contributed by atoms with Crippen molar-refractivity contribution < 1.29 is 19.4 Å². The average Bonchev–Trinajstić information content (AvgIpc) is 2.82. The summed E-state index contributed by atoms with van der Waals surface area (Å²) >= 11 is 0. The first-order valence-corrected chi connectivity index (χ1v) is 6.81. The van der Waals surface area contributed by atoms with Crippen LogP contribution < -0.4 is 5.32 Å². The van der Waals surface area contributed by atoms with Gasteiger partial charge in [0.1, 0.15) is 12.2 Å². The van der Waals surface area contributed by atoms with Gasteiger partial charge in [-0.2, -0.15) is 0 Å². The number of carbonyl (C=O) groups excluding carboxylic acids is 1. The van der Waals surface area contributed by atoms with E-state index >= 15 is 0 Å². The molecule has 0 saturated carbocycles. The molecule has 0 radical (unpaired) electrons. The van der Waals surface area contributed by atoms with Gasteiger partial charge in [0, 0.05) is 0 Å². The third-order valence-corrected chi connectivity index (χ3v) is 4.14. The van der Waals surface area contributed by atoms with Crippen molar-refractivity contribution in [2.75, 3.05) is 26.2 Å². The standard InChI is InChI=1S/C13H22N2O4/c1-3-13(5-4-6-14-13)11(18)15-8-12(2,9-15)19-7-10(16)17/h14H,3-9H2,1-2H3,(H,16,17). The maximum Gasteiger partial charge on any atom is 0.329 e. The van der Waals surface area contributed by atoms with E-state index in [0.29, 0.717) is 13.1 Å². The number of nitrogens with one attached hydrogen (secondary N) is 1. The minimum absolute atomic E-state index is 0.129. The number of hydrogen-bond donors (Lipinski definition) is 2. The average molecular weight is 270 g/mol. The van der Waals surface area contributed by atoms with Crippen molar-refractivity contribution in [3.8, 4) is 0 Å². The summed E-state index contributed by atoms with van der Waals surface area (Å²) in [7, 11) is 0. The lowest BCUT2D eigenvalue weighted by atomic mass is 9.88. The molecule has 2 rings (SSSR count). The number of carbonyl (C=O) groups is 2. The zero-order valence-corrected chi connectivity index (χ0v) is 11.6. The lowest BCUT2D eigenvalue weighted by molar-refractivity contribution is -0.177. The molecule has 2 saturated heterocycles. The summed E-state index contributed by atoms with van der Waals surface area (Å²) < 4.78 is 5.32.